The van der Waals surface area contributed by atoms with Gasteiger partial charge in [0.25, 0.3) is 5.91 Å². The van der Waals surface area contributed by atoms with E-state index in [0.29, 0.717) is 5.56 Å². The second-order valence-electron chi connectivity index (χ2n) is 4.60. The summed E-state index contributed by atoms with van der Waals surface area (Å²) in [4.78, 5) is 12.2. The summed E-state index contributed by atoms with van der Waals surface area (Å²) in [5.41, 5.74) is 2.44. The lowest BCUT2D eigenvalue weighted by Gasteiger charge is -2.07. The van der Waals surface area contributed by atoms with Crippen molar-refractivity contribution in [2.45, 2.75) is 0 Å². The monoisotopic (exact) mass is 340 g/mol. The van der Waals surface area contributed by atoms with Crippen molar-refractivity contribution in [3.63, 3.8) is 0 Å². The first-order valence-electron chi connectivity index (χ1n) is 6.53. The lowest BCUT2D eigenvalue weighted by Crippen LogP contribution is -2.11. The standard InChI is InChI=1S/C17H13BrN2O/c18-14-5-7-15(8-6-14)19-17(21)13-3-9-16(10-4-13)20-11-1-2-12-20/h1-12H,(H,19,21). The number of hydrogen-bond donors (Lipinski definition) is 1. The number of carbonyl (C=O) groups is 1. The Balaban J connectivity index is 1.74. The maximum atomic E-state index is 12.2. The second-order valence-corrected chi connectivity index (χ2v) is 5.51. The summed E-state index contributed by atoms with van der Waals surface area (Å²) in [6, 6.07) is 18.9. The molecule has 3 rings (SSSR count). The van der Waals surface area contributed by atoms with Gasteiger partial charge in [-0.15, -0.1) is 0 Å². The lowest BCUT2D eigenvalue weighted by molar-refractivity contribution is 0.102. The Morgan fingerprint density at radius 1 is 0.905 bits per heavy atom. The molecule has 0 spiro atoms. The van der Waals surface area contributed by atoms with E-state index in [1.807, 2.05) is 77.6 Å². The smallest absolute Gasteiger partial charge is 0.255 e. The summed E-state index contributed by atoms with van der Waals surface area (Å²) >= 11 is 3.37. The van der Waals surface area contributed by atoms with Gasteiger partial charge >= 0.3 is 0 Å². The molecular formula is C17H13BrN2O. The minimum Gasteiger partial charge on any atom is -0.324 e. The van der Waals surface area contributed by atoms with Gasteiger partial charge in [-0.2, -0.15) is 0 Å². The third kappa shape index (κ3) is 3.23. The number of rotatable bonds is 3. The topological polar surface area (TPSA) is 34.0 Å². The molecule has 1 heterocycles. The van der Waals surface area contributed by atoms with Gasteiger partial charge in [0.05, 0.1) is 0 Å². The van der Waals surface area contributed by atoms with Gasteiger partial charge in [0.2, 0.25) is 0 Å². The number of hydrogen-bond acceptors (Lipinski definition) is 1. The van der Waals surface area contributed by atoms with E-state index in [1.54, 1.807) is 0 Å². The number of halogens is 1. The quantitative estimate of drug-likeness (QED) is 0.748. The van der Waals surface area contributed by atoms with Crippen LogP contribution in [0.15, 0.2) is 77.5 Å². The van der Waals surface area contributed by atoms with Crippen molar-refractivity contribution in [2.24, 2.45) is 0 Å². The minimum absolute atomic E-state index is 0.114. The van der Waals surface area contributed by atoms with Gasteiger partial charge in [-0.3, -0.25) is 4.79 Å². The van der Waals surface area contributed by atoms with Crippen molar-refractivity contribution in [1.29, 1.82) is 0 Å². The van der Waals surface area contributed by atoms with E-state index in [1.165, 1.54) is 0 Å². The molecule has 0 saturated carbocycles. The van der Waals surface area contributed by atoms with Gasteiger partial charge in [-0.05, 0) is 60.7 Å². The van der Waals surface area contributed by atoms with Crippen LogP contribution in [0.5, 0.6) is 0 Å². The number of nitrogens with zero attached hydrogens (tertiary/aromatic N) is 1. The fourth-order valence-corrected chi connectivity index (χ4v) is 2.29. The first-order valence-corrected chi connectivity index (χ1v) is 7.32. The third-order valence-corrected chi connectivity index (χ3v) is 3.66. The molecule has 2 aromatic carbocycles. The summed E-state index contributed by atoms with van der Waals surface area (Å²) in [6.45, 7) is 0. The van der Waals surface area contributed by atoms with Crippen LogP contribution < -0.4 is 5.32 Å². The van der Waals surface area contributed by atoms with Crippen molar-refractivity contribution < 1.29 is 4.79 Å². The van der Waals surface area contributed by atoms with Crippen LogP contribution in [0.2, 0.25) is 0 Å². The van der Waals surface area contributed by atoms with Crippen molar-refractivity contribution in [2.75, 3.05) is 5.32 Å². The van der Waals surface area contributed by atoms with Gasteiger partial charge < -0.3 is 9.88 Å². The molecule has 1 N–H and O–H groups in total. The molecule has 0 radical (unpaired) electrons. The fourth-order valence-electron chi connectivity index (χ4n) is 2.03. The Hall–Kier alpha value is -2.33. The van der Waals surface area contributed by atoms with E-state index >= 15 is 0 Å². The molecular weight excluding hydrogens is 328 g/mol. The predicted molar refractivity (Wildman–Crippen MR) is 87.9 cm³/mol. The average molecular weight is 341 g/mol. The number of amides is 1. The molecule has 3 aromatic rings. The van der Waals surface area contributed by atoms with Gasteiger partial charge in [0.1, 0.15) is 0 Å². The number of benzene rings is 2. The zero-order valence-electron chi connectivity index (χ0n) is 11.2. The molecule has 1 amide bonds. The minimum atomic E-state index is -0.114. The second kappa shape index (κ2) is 5.97. The Kier molecular flexibility index (Phi) is 3.88. The predicted octanol–water partition coefficient (Wildman–Crippen LogP) is 4.49. The number of aromatic nitrogens is 1. The van der Waals surface area contributed by atoms with E-state index < -0.39 is 0 Å². The molecule has 0 unspecified atom stereocenters. The van der Waals surface area contributed by atoms with Crippen LogP contribution in [-0.2, 0) is 0 Å². The zero-order valence-corrected chi connectivity index (χ0v) is 12.7. The molecule has 0 aliphatic carbocycles. The molecule has 21 heavy (non-hydrogen) atoms. The number of carbonyl (C=O) groups excluding carboxylic acids is 1. The van der Waals surface area contributed by atoms with Crippen molar-refractivity contribution in [1.82, 2.24) is 4.57 Å². The first kappa shape index (κ1) is 13.6. The summed E-state index contributed by atoms with van der Waals surface area (Å²) in [5.74, 6) is -0.114. The summed E-state index contributed by atoms with van der Waals surface area (Å²) in [6.07, 6.45) is 3.94. The Labute approximate surface area is 131 Å². The summed E-state index contributed by atoms with van der Waals surface area (Å²) < 4.78 is 2.98. The lowest BCUT2D eigenvalue weighted by atomic mass is 10.2. The first-order chi connectivity index (χ1) is 10.2. The van der Waals surface area contributed by atoms with Crippen LogP contribution in [0.1, 0.15) is 10.4 Å². The van der Waals surface area contributed by atoms with Crippen molar-refractivity contribution in [3.05, 3.63) is 83.1 Å². The molecule has 4 heteroatoms. The maximum absolute atomic E-state index is 12.2. The normalized spacial score (nSPS) is 10.3. The maximum Gasteiger partial charge on any atom is 0.255 e. The van der Waals surface area contributed by atoms with Gasteiger partial charge in [0.15, 0.2) is 0 Å². The van der Waals surface area contributed by atoms with Crippen LogP contribution in [0.4, 0.5) is 5.69 Å². The highest BCUT2D eigenvalue weighted by Gasteiger charge is 2.06. The molecule has 0 fully saturated rings. The van der Waals surface area contributed by atoms with Crippen LogP contribution in [0, 0.1) is 0 Å². The van der Waals surface area contributed by atoms with E-state index in [0.717, 1.165) is 15.8 Å². The fraction of sp³-hybridized carbons (Fsp3) is 0. The highest BCUT2D eigenvalue weighted by atomic mass is 79.9. The van der Waals surface area contributed by atoms with Gasteiger partial charge in [0, 0.05) is 33.8 Å². The Morgan fingerprint density at radius 2 is 1.52 bits per heavy atom. The van der Waals surface area contributed by atoms with Crippen LogP contribution in [0.25, 0.3) is 5.69 Å². The van der Waals surface area contributed by atoms with E-state index in [9.17, 15) is 4.79 Å². The third-order valence-electron chi connectivity index (χ3n) is 3.13. The van der Waals surface area contributed by atoms with E-state index in [4.69, 9.17) is 0 Å². The summed E-state index contributed by atoms with van der Waals surface area (Å²) in [5, 5.41) is 2.87. The molecule has 0 saturated heterocycles. The SMILES string of the molecule is O=C(Nc1ccc(Br)cc1)c1ccc(-n2cccc2)cc1. The van der Waals surface area contributed by atoms with Crippen LogP contribution in [-0.4, -0.2) is 10.5 Å². The van der Waals surface area contributed by atoms with Crippen LogP contribution >= 0.6 is 15.9 Å². The molecule has 0 aliphatic rings. The molecule has 1 aromatic heterocycles. The average Bonchev–Trinajstić information content (AvgIpc) is 3.04. The van der Waals surface area contributed by atoms with Crippen LogP contribution in [0.3, 0.4) is 0 Å². The van der Waals surface area contributed by atoms with Crippen molar-refractivity contribution in [3.8, 4) is 5.69 Å². The van der Waals surface area contributed by atoms with E-state index in [2.05, 4.69) is 21.2 Å². The number of nitrogens with one attached hydrogen (secondary N) is 1. The number of anilines is 1. The van der Waals surface area contributed by atoms with E-state index in [-0.39, 0.29) is 5.91 Å². The Bertz CT molecular complexity index is 731. The summed E-state index contributed by atoms with van der Waals surface area (Å²) in [7, 11) is 0. The molecule has 104 valence electrons. The molecule has 0 bridgehead atoms. The highest BCUT2D eigenvalue weighted by molar-refractivity contribution is 9.10. The molecule has 0 atom stereocenters. The highest BCUT2D eigenvalue weighted by Crippen LogP contribution is 2.16. The largest absolute Gasteiger partial charge is 0.324 e. The van der Waals surface area contributed by atoms with Crippen molar-refractivity contribution >= 4 is 27.5 Å². The van der Waals surface area contributed by atoms with Gasteiger partial charge in [-0.25, -0.2) is 0 Å². The molecule has 0 aliphatic heterocycles. The Morgan fingerprint density at radius 3 is 2.14 bits per heavy atom. The zero-order chi connectivity index (χ0) is 14.7. The molecule has 3 nitrogen and oxygen atoms in total. The van der Waals surface area contributed by atoms with Gasteiger partial charge in [-0.1, -0.05) is 15.9 Å².